The molecule has 0 amide bonds. The van der Waals surface area contributed by atoms with Crippen LogP contribution in [0.25, 0.3) is 0 Å². The number of likely N-dealkylation sites (tertiary alicyclic amines) is 2. The quantitative estimate of drug-likeness (QED) is 0.350. The van der Waals surface area contributed by atoms with E-state index in [9.17, 15) is 4.39 Å². The molecular formula is C23H36FIN4. The molecular weight excluding hydrogens is 478 g/mol. The average Bonchev–Trinajstić information content (AvgIpc) is 3.37. The van der Waals surface area contributed by atoms with Crippen LogP contribution in [-0.2, 0) is 5.41 Å². The normalized spacial score (nSPS) is 24.3. The van der Waals surface area contributed by atoms with Gasteiger partial charge in [0.1, 0.15) is 5.82 Å². The third-order valence-corrected chi connectivity index (χ3v) is 6.71. The fraction of sp³-hybridized carbons (Fsp3) is 0.696. The van der Waals surface area contributed by atoms with Gasteiger partial charge in [0.05, 0.1) is 6.54 Å². The van der Waals surface area contributed by atoms with E-state index >= 15 is 0 Å². The zero-order chi connectivity index (χ0) is 19.4. The van der Waals surface area contributed by atoms with Crippen molar-refractivity contribution in [2.45, 2.75) is 50.9 Å². The summed E-state index contributed by atoms with van der Waals surface area (Å²) in [6.07, 6.45) is 7.60. The van der Waals surface area contributed by atoms with E-state index < -0.39 is 0 Å². The number of nitrogens with one attached hydrogen (secondary N) is 1. The number of guanidine groups is 1. The zero-order valence-electron chi connectivity index (χ0n) is 17.7. The number of hydrogen-bond donors (Lipinski definition) is 1. The Balaban J connectivity index is 0.00000240. The van der Waals surface area contributed by atoms with Crippen LogP contribution < -0.4 is 5.32 Å². The number of halogens is 2. The summed E-state index contributed by atoms with van der Waals surface area (Å²) in [6, 6.07) is 7.11. The Labute approximate surface area is 192 Å². The van der Waals surface area contributed by atoms with Crippen molar-refractivity contribution in [1.82, 2.24) is 15.1 Å². The molecule has 3 fully saturated rings. The number of rotatable bonds is 6. The van der Waals surface area contributed by atoms with Gasteiger partial charge in [-0.2, -0.15) is 0 Å². The van der Waals surface area contributed by atoms with Crippen LogP contribution in [0.4, 0.5) is 4.39 Å². The molecule has 1 aromatic carbocycles. The van der Waals surface area contributed by atoms with Crippen LogP contribution in [0, 0.1) is 11.7 Å². The van der Waals surface area contributed by atoms with E-state index in [1.807, 2.05) is 6.07 Å². The lowest BCUT2D eigenvalue weighted by Crippen LogP contribution is -2.41. The van der Waals surface area contributed by atoms with E-state index in [2.05, 4.69) is 28.1 Å². The van der Waals surface area contributed by atoms with Crippen LogP contribution in [0.15, 0.2) is 29.3 Å². The Morgan fingerprint density at radius 1 is 1.21 bits per heavy atom. The van der Waals surface area contributed by atoms with E-state index in [0.29, 0.717) is 0 Å². The first kappa shape index (κ1) is 22.8. The molecule has 0 spiro atoms. The van der Waals surface area contributed by atoms with Gasteiger partial charge in [-0.25, -0.2) is 4.39 Å². The van der Waals surface area contributed by atoms with Crippen molar-refractivity contribution in [3.8, 4) is 0 Å². The highest BCUT2D eigenvalue weighted by molar-refractivity contribution is 14.0. The van der Waals surface area contributed by atoms with Crippen LogP contribution >= 0.6 is 24.0 Å². The highest BCUT2D eigenvalue weighted by Crippen LogP contribution is 2.48. The Hall–Kier alpha value is -0.890. The number of hydrogen-bond acceptors (Lipinski definition) is 2. The molecule has 1 aromatic rings. The fourth-order valence-electron chi connectivity index (χ4n) is 4.84. The monoisotopic (exact) mass is 514 g/mol. The largest absolute Gasteiger partial charge is 0.357 e. The van der Waals surface area contributed by atoms with Gasteiger partial charge in [-0.15, -0.1) is 24.0 Å². The fourth-order valence-corrected chi connectivity index (χ4v) is 4.84. The summed E-state index contributed by atoms with van der Waals surface area (Å²) in [4.78, 5) is 10.1. The molecule has 2 aliphatic heterocycles. The van der Waals surface area contributed by atoms with Crippen molar-refractivity contribution in [2.75, 3.05) is 45.8 Å². The number of aliphatic imine (C=N–C) groups is 1. The predicted molar refractivity (Wildman–Crippen MR) is 129 cm³/mol. The lowest BCUT2D eigenvalue weighted by molar-refractivity contribution is 0.198. The van der Waals surface area contributed by atoms with Gasteiger partial charge in [-0.3, -0.25) is 4.99 Å². The Morgan fingerprint density at radius 3 is 2.69 bits per heavy atom. The first-order valence-electron chi connectivity index (χ1n) is 11.2. The second-order valence-corrected chi connectivity index (χ2v) is 8.92. The van der Waals surface area contributed by atoms with Crippen LogP contribution in [0.2, 0.25) is 0 Å². The Kier molecular flexibility index (Phi) is 8.19. The minimum absolute atomic E-state index is 0. The molecule has 29 heavy (non-hydrogen) atoms. The number of nitrogens with zero attached hydrogens (tertiary/aromatic N) is 3. The third kappa shape index (κ3) is 5.84. The molecule has 1 saturated carbocycles. The summed E-state index contributed by atoms with van der Waals surface area (Å²) in [7, 11) is 0. The van der Waals surface area contributed by atoms with Crippen molar-refractivity contribution < 1.29 is 4.39 Å². The van der Waals surface area contributed by atoms with Crippen LogP contribution in [0.3, 0.4) is 0 Å². The van der Waals surface area contributed by atoms with Crippen LogP contribution in [0.1, 0.15) is 51.0 Å². The maximum atomic E-state index is 13.7. The van der Waals surface area contributed by atoms with Gasteiger partial charge in [0.15, 0.2) is 5.96 Å². The molecule has 162 valence electrons. The molecule has 0 radical (unpaired) electrons. The summed E-state index contributed by atoms with van der Waals surface area (Å²) in [6.45, 7) is 9.78. The molecule has 2 saturated heterocycles. The minimum atomic E-state index is -0.139. The van der Waals surface area contributed by atoms with Gasteiger partial charge in [0.2, 0.25) is 0 Å². The van der Waals surface area contributed by atoms with E-state index in [1.165, 1.54) is 51.4 Å². The van der Waals surface area contributed by atoms with E-state index in [0.717, 1.165) is 56.5 Å². The van der Waals surface area contributed by atoms with E-state index in [1.54, 1.807) is 6.07 Å². The summed E-state index contributed by atoms with van der Waals surface area (Å²) >= 11 is 0. The van der Waals surface area contributed by atoms with Crippen LogP contribution in [-0.4, -0.2) is 61.6 Å². The molecule has 1 atom stereocenters. The molecule has 0 bridgehead atoms. The predicted octanol–water partition coefficient (Wildman–Crippen LogP) is 4.25. The second kappa shape index (κ2) is 10.4. The van der Waals surface area contributed by atoms with Crippen molar-refractivity contribution in [3.05, 3.63) is 35.6 Å². The first-order chi connectivity index (χ1) is 13.7. The van der Waals surface area contributed by atoms with Gasteiger partial charge < -0.3 is 15.1 Å². The van der Waals surface area contributed by atoms with Crippen molar-refractivity contribution >= 4 is 29.9 Å². The molecule has 4 nitrogen and oxygen atoms in total. The first-order valence-corrected chi connectivity index (χ1v) is 11.2. The molecule has 2 heterocycles. The maximum Gasteiger partial charge on any atom is 0.193 e. The molecule has 1 unspecified atom stereocenters. The van der Waals surface area contributed by atoms with Gasteiger partial charge in [0, 0.05) is 31.6 Å². The second-order valence-electron chi connectivity index (χ2n) is 8.92. The van der Waals surface area contributed by atoms with Crippen molar-refractivity contribution in [1.29, 1.82) is 0 Å². The SMILES string of the molecule is CCNC(=NCC1(c2cccc(F)c2)CC1)N1CCC(CN2CCCCC2)C1.I. The van der Waals surface area contributed by atoms with Gasteiger partial charge in [-0.1, -0.05) is 18.6 Å². The average molecular weight is 514 g/mol. The van der Waals surface area contributed by atoms with Gasteiger partial charge >= 0.3 is 0 Å². The van der Waals surface area contributed by atoms with E-state index in [4.69, 9.17) is 4.99 Å². The highest BCUT2D eigenvalue weighted by Gasteiger charge is 2.44. The lowest BCUT2D eigenvalue weighted by atomic mass is 9.96. The van der Waals surface area contributed by atoms with Crippen LogP contribution in [0.5, 0.6) is 0 Å². The smallest absolute Gasteiger partial charge is 0.193 e. The zero-order valence-corrected chi connectivity index (χ0v) is 20.0. The van der Waals surface area contributed by atoms with Gasteiger partial charge in [-0.05, 0) is 75.7 Å². The Morgan fingerprint density at radius 2 is 2.00 bits per heavy atom. The molecule has 4 rings (SSSR count). The topological polar surface area (TPSA) is 30.9 Å². The Bertz CT molecular complexity index is 685. The number of benzene rings is 1. The minimum Gasteiger partial charge on any atom is -0.357 e. The standard InChI is InChI=1S/C23H35FN4.HI/c1-2-25-22(26-18-23(10-11-23)20-7-6-8-21(24)15-20)28-14-9-19(17-28)16-27-12-4-3-5-13-27;/h6-8,15,19H,2-5,9-14,16-18H2,1H3,(H,25,26);1H. The molecule has 1 N–H and O–H groups in total. The third-order valence-electron chi connectivity index (χ3n) is 6.71. The van der Waals surface area contributed by atoms with Crippen molar-refractivity contribution in [3.63, 3.8) is 0 Å². The molecule has 0 aromatic heterocycles. The number of piperidine rings is 1. The van der Waals surface area contributed by atoms with E-state index in [-0.39, 0.29) is 35.2 Å². The summed E-state index contributed by atoms with van der Waals surface area (Å²) in [5.41, 5.74) is 1.16. The summed E-state index contributed by atoms with van der Waals surface area (Å²) in [5, 5.41) is 3.50. The lowest BCUT2D eigenvalue weighted by Gasteiger charge is -2.29. The van der Waals surface area contributed by atoms with Gasteiger partial charge in [0.25, 0.3) is 0 Å². The maximum absolute atomic E-state index is 13.7. The summed E-state index contributed by atoms with van der Waals surface area (Å²) < 4.78 is 13.7. The molecule has 3 aliphatic rings. The highest BCUT2D eigenvalue weighted by atomic mass is 127. The molecule has 1 aliphatic carbocycles. The molecule has 6 heteroatoms. The summed E-state index contributed by atoms with van der Waals surface area (Å²) in [5.74, 6) is 1.66. The van der Waals surface area contributed by atoms with Crippen molar-refractivity contribution in [2.24, 2.45) is 10.9 Å².